The molecule has 0 saturated carbocycles. The van der Waals surface area contributed by atoms with Crippen LogP contribution >= 0.6 is 0 Å². The molecule has 0 unspecified atom stereocenters. The molecule has 32 heavy (non-hydrogen) atoms. The van der Waals surface area contributed by atoms with Crippen LogP contribution in [0.1, 0.15) is 15.9 Å². The van der Waals surface area contributed by atoms with Gasteiger partial charge in [0.05, 0.1) is 23.9 Å². The fourth-order valence-electron chi connectivity index (χ4n) is 4.55. The third-order valence-electron chi connectivity index (χ3n) is 6.02. The van der Waals surface area contributed by atoms with Crippen molar-refractivity contribution >= 4 is 39.1 Å². The van der Waals surface area contributed by atoms with Gasteiger partial charge in [-0.25, -0.2) is 0 Å². The van der Waals surface area contributed by atoms with E-state index in [0.29, 0.717) is 22.5 Å². The summed E-state index contributed by atoms with van der Waals surface area (Å²) < 4.78 is 9.15. The molecule has 0 bridgehead atoms. The van der Waals surface area contributed by atoms with E-state index in [2.05, 4.69) is 25.7 Å². The molecule has 9 nitrogen and oxygen atoms in total. The summed E-state index contributed by atoms with van der Waals surface area (Å²) in [5.41, 5.74) is 4.69. The fraction of sp³-hybridized carbons (Fsp3) is 0.348. The molecule has 1 amide bonds. The lowest BCUT2D eigenvalue weighted by Gasteiger charge is -2.30. The molecule has 5 rings (SSSR count). The van der Waals surface area contributed by atoms with Gasteiger partial charge in [0.2, 0.25) is 0 Å². The van der Waals surface area contributed by atoms with Gasteiger partial charge in [0.1, 0.15) is 11.3 Å². The average Bonchev–Trinajstić information content (AvgIpc) is 3.35. The van der Waals surface area contributed by atoms with Crippen molar-refractivity contribution in [3.63, 3.8) is 0 Å². The minimum atomic E-state index is -0.221. The monoisotopic (exact) mass is 433 g/mol. The number of fused-ring (bicyclic) bond motifs is 2. The predicted octanol–water partition coefficient (Wildman–Crippen LogP) is 2.44. The highest BCUT2D eigenvalue weighted by molar-refractivity contribution is 6.14. The van der Waals surface area contributed by atoms with Crippen molar-refractivity contribution in [2.24, 2.45) is 14.1 Å². The van der Waals surface area contributed by atoms with Crippen molar-refractivity contribution in [3.05, 3.63) is 41.7 Å². The zero-order valence-corrected chi connectivity index (χ0v) is 18.8. The minimum absolute atomic E-state index is 0.221. The molecule has 9 heteroatoms. The number of aromatic nitrogens is 4. The molecule has 0 atom stereocenters. The van der Waals surface area contributed by atoms with Gasteiger partial charge in [0, 0.05) is 74.7 Å². The molecule has 0 aliphatic carbocycles. The third kappa shape index (κ3) is 3.34. The van der Waals surface area contributed by atoms with Gasteiger partial charge in [-0.2, -0.15) is 10.2 Å². The van der Waals surface area contributed by atoms with E-state index in [-0.39, 0.29) is 5.91 Å². The highest BCUT2D eigenvalue weighted by Crippen LogP contribution is 2.36. The van der Waals surface area contributed by atoms with Crippen molar-refractivity contribution in [2.75, 3.05) is 43.5 Å². The number of aryl methyl sites for hydroxylation is 3. The third-order valence-corrected chi connectivity index (χ3v) is 6.02. The summed E-state index contributed by atoms with van der Waals surface area (Å²) in [5, 5.41) is 17.5. The van der Waals surface area contributed by atoms with Gasteiger partial charge in [-0.3, -0.25) is 14.2 Å². The van der Waals surface area contributed by atoms with E-state index in [1.807, 2.05) is 51.6 Å². The maximum absolute atomic E-state index is 13.4. The number of nitrogens with one attached hydrogen (secondary N) is 2. The van der Waals surface area contributed by atoms with E-state index in [0.717, 1.165) is 53.7 Å². The first-order valence-electron chi connectivity index (χ1n) is 10.7. The predicted molar refractivity (Wildman–Crippen MR) is 126 cm³/mol. The van der Waals surface area contributed by atoms with Gasteiger partial charge in [-0.05, 0) is 25.1 Å². The largest absolute Gasteiger partial charge is 0.494 e. The number of ether oxygens (including phenoxy) is 1. The number of piperazine rings is 1. The zero-order valence-electron chi connectivity index (χ0n) is 18.8. The molecule has 2 aromatic carbocycles. The van der Waals surface area contributed by atoms with Gasteiger partial charge in [-0.15, -0.1) is 0 Å². The molecule has 0 spiro atoms. The first kappa shape index (κ1) is 20.3. The summed E-state index contributed by atoms with van der Waals surface area (Å²) >= 11 is 0. The Kier molecular flexibility index (Phi) is 4.97. The Morgan fingerprint density at radius 2 is 1.81 bits per heavy atom. The van der Waals surface area contributed by atoms with Crippen molar-refractivity contribution in [3.8, 4) is 5.75 Å². The first-order chi connectivity index (χ1) is 15.5. The van der Waals surface area contributed by atoms with Crippen molar-refractivity contribution < 1.29 is 9.53 Å². The number of rotatable bonds is 4. The van der Waals surface area contributed by atoms with E-state index < -0.39 is 0 Å². The van der Waals surface area contributed by atoms with Gasteiger partial charge >= 0.3 is 0 Å². The van der Waals surface area contributed by atoms with Crippen LogP contribution in [0.2, 0.25) is 0 Å². The summed E-state index contributed by atoms with van der Waals surface area (Å²) in [6, 6.07) is 5.79. The van der Waals surface area contributed by atoms with Crippen LogP contribution in [0.3, 0.4) is 0 Å². The fourth-order valence-corrected chi connectivity index (χ4v) is 4.55. The lowest BCUT2D eigenvalue weighted by molar-refractivity contribution is 0.102. The summed E-state index contributed by atoms with van der Waals surface area (Å²) in [4.78, 5) is 15.7. The van der Waals surface area contributed by atoms with Gasteiger partial charge in [0.25, 0.3) is 5.91 Å². The smallest absolute Gasteiger partial charge is 0.258 e. The molecule has 1 aliphatic heterocycles. The van der Waals surface area contributed by atoms with Crippen LogP contribution in [0.15, 0.2) is 30.6 Å². The maximum atomic E-state index is 13.4. The Bertz CT molecular complexity index is 1330. The number of carbonyl (C=O) groups excluding carboxylic acids is 1. The van der Waals surface area contributed by atoms with Gasteiger partial charge < -0.3 is 20.3 Å². The Labute approximate surface area is 185 Å². The molecule has 3 heterocycles. The number of hydrogen-bond donors (Lipinski definition) is 2. The Hall–Kier alpha value is -3.59. The zero-order chi connectivity index (χ0) is 22.4. The van der Waals surface area contributed by atoms with Crippen LogP contribution in [-0.4, -0.2) is 58.8 Å². The second-order valence-corrected chi connectivity index (χ2v) is 8.21. The molecule has 1 aliphatic rings. The van der Waals surface area contributed by atoms with Crippen LogP contribution in [0.25, 0.3) is 21.8 Å². The van der Waals surface area contributed by atoms with Crippen molar-refractivity contribution in [1.82, 2.24) is 24.9 Å². The molecule has 4 aromatic rings. The normalized spacial score (nSPS) is 14.3. The van der Waals surface area contributed by atoms with Crippen LogP contribution < -0.4 is 20.3 Å². The van der Waals surface area contributed by atoms with E-state index >= 15 is 0 Å². The number of hydrogen-bond acceptors (Lipinski definition) is 6. The van der Waals surface area contributed by atoms with Crippen LogP contribution in [0.5, 0.6) is 5.75 Å². The van der Waals surface area contributed by atoms with E-state index in [1.165, 1.54) is 0 Å². The Balaban J connectivity index is 1.55. The SMILES string of the molecule is COc1c(NC(=O)c2ccc(N3CCNCC3)c3cn(C)nc23)cc2cn(C)nc2c1C. The van der Waals surface area contributed by atoms with Crippen molar-refractivity contribution in [1.29, 1.82) is 0 Å². The van der Waals surface area contributed by atoms with Gasteiger partial charge in [0.15, 0.2) is 0 Å². The standard InChI is InChI=1S/C23H27N7O2/c1-14-20-15(12-28(2)26-20)11-18(22(14)32-4)25-23(31)16-5-6-19(30-9-7-24-8-10-30)17-13-29(3)27-21(16)17/h5-6,11-13,24H,7-10H2,1-4H3,(H,25,31). The Morgan fingerprint density at radius 3 is 2.56 bits per heavy atom. The lowest BCUT2D eigenvalue weighted by atomic mass is 10.1. The van der Waals surface area contributed by atoms with E-state index in [4.69, 9.17) is 4.74 Å². The van der Waals surface area contributed by atoms with Crippen LogP contribution in [0.4, 0.5) is 11.4 Å². The Morgan fingerprint density at radius 1 is 1.09 bits per heavy atom. The molecular formula is C23H27N7O2. The topological polar surface area (TPSA) is 89.2 Å². The maximum Gasteiger partial charge on any atom is 0.258 e. The quantitative estimate of drug-likeness (QED) is 0.514. The summed E-state index contributed by atoms with van der Waals surface area (Å²) in [6.45, 7) is 5.69. The molecular weight excluding hydrogens is 406 g/mol. The van der Waals surface area contributed by atoms with E-state index in [9.17, 15) is 4.79 Å². The lowest BCUT2D eigenvalue weighted by Crippen LogP contribution is -2.43. The number of amides is 1. The second kappa shape index (κ2) is 7.83. The number of methoxy groups -OCH3 is 1. The van der Waals surface area contributed by atoms with Crippen molar-refractivity contribution in [2.45, 2.75) is 6.92 Å². The number of carbonyl (C=O) groups is 1. The molecule has 2 N–H and O–H groups in total. The summed E-state index contributed by atoms with van der Waals surface area (Å²) in [5.74, 6) is 0.390. The van der Waals surface area contributed by atoms with Gasteiger partial charge in [-0.1, -0.05) is 0 Å². The highest BCUT2D eigenvalue weighted by Gasteiger charge is 2.22. The van der Waals surface area contributed by atoms with Crippen LogP contribution in [0, 0.1) is 6.92 Å². The number of anilines is 2. The molecule has 1 fully saturated rings. The first-order valence-corrected chi connectivity index (χ1v) is 10.7. The number of benzene rings is 2. The number of nitrogens with zero attached hydrogens (tertiary/aromatic N) is 5. The van der Waals surface area contributed by atoms with Crippen LogP contribution in [-0.2, 0) is 14.1 Å². The summed E-state index contributed by atoms with van der Waals surface area (Å²) in [7, 11) is 5.36. The summed E-state index contributed by atoms with van der Waals surface area (Å²) in [6.07, 6.45) is 3.91. The highest BCUT2D eigenvalue weighted by atomic mass is 16.5. The molecule has 166 valence electrons. The molecule has 0 radical (unpaired) electrons. The minimum Gasteiger partial charge on any atom is -0.494 e. The van der Waals surface area contributed by atoms with E-state index in [1.54, 1.807) is 16.5 Å². The molecule has 1 saturated heterocycles. The average molecular weight is 434 g/mol. The second-order valence-electron chi connectivity index (χ2n) is 8.21. The molecule has 2 aromatic heterocycles.